The first-order chi connectivity index (χ1) is 35.0. The van der Waals surface area contributed by atoms with Crippen molar-refractivity contribution in [3.63, 3.8) is 0 Å². The number of ether oxygens (including phenoxy) is 10. The van der Waals surface area contributed by atoms with Crippen LogP contribution < -0.4 is 0 Å². The summed E-state index contributed by atoms with van der Waals surface area (Å²) in [7, 11) is 6.92. The fourth-order valence-corrected chi connectivity index (χ4v) is 11.7. The molecule has 4 heterocycles. The van der Waals surface area contributed by atoms with Gasteiger partial charge in [-0.2, -0.15) is 0 Å². The van der Waals surface area contributed by atoms with Crippen LogP contribution in [0.4, 0.5) is 0 Å². The van der Waals surface area contributed by atoms with Gasteiger partial charge in [0.1, 0.15) is 29.2 Å². The molecule has 1 N–H and O–H groups in total. The Hall–Kier alpha value is -3.62. The van der Waals surface area contributed by atoms with Gasteiger partial charge in [0.2, 0.25) is 0 Å². The van der Waals surface area contributed by atoms with Crippen LogP contribution in [-0.2, 0) is 68.3 Å². The molecular formula is C57H91N3O14. The van der Waals surface area contributed by atoms with Crippen LogP contribution in [0.15, 0.2) is 55.5 Å². The number of nitrogens with zero attached hydrogens (tertiary/aromatic N) is 3. The molecule has 17 heteroatoms. The number of benzene rings is 1. The van der Waals surface area contributed by atoms with Crippen molar-refractivity contribution >= 4 is 17.7 Å². The van der Waals surface area contributed by atoms with Gasteiger partial charge in [0.25, 0.3) is 0 Å². The van der Waals surface area contributed by atoms with Gasteiger partial charge < -0.3 is 61.9 Å². The molecule has 5 rings (SSSR count). The molecule has 0 bridgehead atoms. The number of imidazole rings is 1. The summed E-state index contributed by atoms with van der Waals surface area (Å²) < 4.78 is 67.6. The summed E-state index contributed by atoms with van der Waals surface area (Å²) in [5.41, 5.74) is -1.65. The van der Waals surface area contributed by atoms with Crippen LogP contribution in [0, 0.1) is 23.7 Å². The number of esters is 2. The SMILES string of the molecule is C=CCO[C@@]1(C)[C@H](OCCCCCn2cnc(-c3ccccc3)c2)[C@@H](C)C(=O)[C@H](C)C[C@](C)(OC)[C@H](OC2O[C@H](C)C[C@H](N(C)C)[C@H]2O)[C@@H](C)[C@H](O[C@H]2C[C@@](C)(OC)[C@@H](OC(C)=O)[C@H](C)O2)[C@@H](C)C(=O)O[C@@H]1CC. The number of aryl methyl sites for hydroxylation is 1. The Morgan fingerprint density at radius 2 is 1.59 bits per heavy atom. The summed E-state index contributed by atoms with van der Waals surface area (Å²) in [4.78, 5) is 49.2. The number of hydrogen-bond acceptors (Lipinski definition) is 16. The van der Waals surface area contributed by atoms with Crippen LogP contribution in [-0.4, -0.2) is 163 Å². The Morgan fingerprint density at radius 3 is 2.22 bits per heavy atom. The second-order valence-electron chi connectivity index (χ2n) is 22.0. The molecule has 2 aromatic rings. The molecule has 18 atom stereocenters. The molecule has 0 radical (unpaired) electrons. The Morgan fingerprint density at radius 1 is 0.919 bits per heavy atom. The van der Waals surface area contributed by atoms with Crippen LogP contribution in [0.2, 0.25) is 0 Å². The highest BCUT2D eigenvalue weighted by Gasteiger charge is 2.55. The number of likely N-dealkylation sites (N-methyl/N-ethyl adjacent to an activating group) is 1. The fourth-order valence-electron chi connectivity index (χ4n) is 11.7. The zero-order valence-corrected chi connectivity index (χ0v) is 47.2. The van der Waals surface area contributed by atoms with Crippen LogP contribution in [0.1, 0.15) is 121 Å². The number of aromatic nitrogens is 2. The van der Waals surface area contributed by atoms with Crippen LogP contribution >= 0.6 is 0 Å². The number of aliphatic hydroxyl groups excluding tert-OH is 1. The van der Waals surface area contributed by atoms with Crippen LogP contribution in [0.25, 0.3) is 11.3 Å². The highest BCUT2D eigenvalue weighted by atomic mass is 16.7. The predicted molar refractivity (Wildman–Crippen MR) is 280 cm³/mol. The van der Waals surface area contributed by atoms with Crippen molar-refractivity contribution in [3.8, 4) is 11.3 Å². The van der Waals surface area contributed by atoms with Crippen molar-refractivity contribution in [1.29, 1.82) is 0 Å². The van der Waals surface area contributed by atoms with Gasteiger partial charge >= 0.3 is 11.9 Å². The molecule has 1 unspecified atom stereocenters. The first kappa shape index (κ1) is 61.2. The average molecular weight is 1040 g/mol. The van der Waals surface area contributed by atoms with E-state index < -0.39 is 108 Å². The maximum atomic E-state index is 15.2. The third-order valence-electron chi connectivity index (χ3n) is 16.0. The average Bonchev–Trinajstić information content (AvgIpc) is 3.85. The molecule has 0 aliphatic carbocycles. The number of carbonyl (C=O) groups is 3. The van der Waals surface area contributed by atoms with E-state index in [0.717, 1.165) is 30.6 Å². The highest BCUT2D eigenvalue weighted by Crippen LogP contribution is 2.43. The normalized spacial score (nSPS) is 37.8. The van der Waals surface area contributed by atoms with Crippen LogP contribution in [0.3, 0.4) is 0 Å². The largest absolute Gasteiger partial charge is 0.459 e. The van der Waals surface area contributed by atoms with Gasteiger partial charge in [-0.3, -0.25) is 14.4 Å². The smallest absolute Gasteiger partial charge is 0.311 e. The third kappa shape index (κ3) is 14.7. The molecule has 3 fully saturated rings. The van der Waals surface area contributed by atoms with E-state index in [2.05, 4.69) is 22.3 Å². The fraction of sp³-hybridized carbons (Fsp3) is 0.754. The monoisotopic (exact) mass is 1040 g/mol. The number of ketones is 1. The number of hydrogen-bond donors (Lipinski definition) is 1. The van der Waals surface area contributed by atoms with E-state index in [0.29, 0.717) is 25.9 Å². The summed E-state index contributed by atoms with van der Waals surface area (Å²) in [5.74, 6) is -4.27. The maximum Gasteiger partial charge on any atom is 0.311 e. The predicted octanol–water partition coefficient (Wildman–Crippen LogP) is 7.98. The molecule has 3 aliphatic rings. The maximum absolute atomic E-state index is 15.2. The van der Waals surface area contributed by atoms with Gasteiger partial charge in [0.15, 0.2) is 18.7 Å². The molecule has 3 saturated heterocycles. The number of cyclic esters (lactones) is 1. The van der Waals surface area contributed by atoms with Crippen molar-refractivity contribution < 1.29 is 66.9 Å². The Labute approximate surface area is 441 Å². The number of methoxy groups -OCH3 is 2. The van der Waals surface area contributed by atoms with E-state index >= 15 is 9.59 Å². The molecule has 418 valence electrons. The van der Waals surface area contributed by atoms with Crippen molar-refractivity contribution in [2.45, 2.75) is 212 Å². The van der Waals surface area contributed by atoms with E-state index in [1.54, 1.807) is 34.1 Å². The Kier molecular flexibility index (Phi) is 22.4. The first-order valence-corrected chi connectivity index (χ1v) is 26.9. The van der Waals surface area contributed by atoms with E-state index in [-0.39, 0.29) is 37.4 Å². The van der Waals surface area contributed by atoms with Gasteiger partial charge in [0, 0.05) is 76.3 Å². The van der Waals surface area contributed by atoms with Crippen LogP contribution in [0.5, 0.6) is 0 Å². The minimum Gasteiger partial charge on any atom is -0.459 e. The van der Waals surface area contributed by atoms with Gasteiger partial charge in [-0.25, -0.2) is 4.98 Å². The molecule has 74 heavy (non-hydrogen) atoms. The molecule has 0 saturated carbocycles. The molecule has 17 nitrogen and oxygen atoms in total. The topological polar surface area (TPSA) is 185 Å². The number of rotatable bonds is 20. The van der Waals surface area contributed by atoms with Crippen molar-refractivity contribution in [2.75, 3.05) is 41.5 Å². The lowest BCUT2D eigenvalue weighted by Crippen LogP contribution is -2.62. The second-order valence-corrected chi connectivity index (χ2v) is 22.0. The van der Waals surface area contributed by atoms with E-state index in [1.165, 1.54) is 6.92 Å². The van der Waals surface area contributed by atoms with Gasteiger partial charge in [-0.15, -0.1) is 6.58 Å². The summed E-state index contributed by atoms with van der Waals surface area (Å²) >= 11 is 0. The minimum absolute atomic E-state index is 0.0992. The number of carbonyl (C=O) groups excluding carboxylic acids is 3. The quantitative estimate of drug-likeness (QED) is 0.0764. The minimum atomic E-state index is -1.33. The molecule has 1 aromatic heterocycles. The summed E-state index contributed by atoms with van der Waals surface area (Å²) in [6, 6.07) is 9.78. The zero-order chi connectivity index (χ0) is 54.7. The van der Waals surface area contributed by atoms with Crippen molar-refractivity contribution in [2.24, 2.45) is 23.7 Å². The highest BCUT2D eigenvalue weighted by molar-refractivity contribution is 5.83. The summed E-state index contributed by atoms with van der Waals surface area (Å²) in [6.07, 6.45) is 0.518. The van der Waals surface area contributed by atoms with E-state index in [9.17, 15) is 9.90 Å². The molecule has 0 spiro atoms. The lowest BCUT2D eigenvalue weighted by molar-refractivity contribution is -0.320. The number of unbranched alkanes of at least 4 members (excludes halogenated alkanes) is 2. The summed E-state index contributed by atoms with van der Waals surface area (Å²) in [6.45, 7) is 25.1. The molecule has 3 aliphatic heterocycles. The lowest BCUT2D eigenvalue weighted by Gasteiger charge is -2.50. The van der Waals surface area contributed by atoms with E-state index in [4.69, 9.17) is 47.4 Å². The molecular weight excluding hydrogens is 951 g/mol. The zero-order valence-electron chi connectivity index (χ0n) is 47.2. The first-order valence-electron chi connectivity index (χ1n) is 26.9. The number of Topliss-reactive ketones (excluding diaryl/α,β-unsaturated/α-hetero) is 1. The standard InChI is InChI=1S/C57H91N3O14/c1-17-28-68-57(12)45(18-2)72-53(64)39(7)49(73-46-32-56(11,66-16)52(40(8)70-46)71-41(9)61)38(6)50(74-54-48(63)44(59(13)14)30-36(4)69-54)55(10,65-15)31-35(3)47(62)37(5)51(57)67-29-24-20-23-27-60-33-43(58-34-60)42-25-21-19-22-26-42/h17,19,21-22,25-26,33-40,44-46,48-52,54,63H,1,18,20,23-24,27-32H2,2-16H3/t35-,36-,37+,38+,39-,40+,44+,45-,46+,48-,49+,50-,51-,52+,54?,55+,56-,57-/m1/s1. The van der Waals surface area contributed by atoms with Gasteiger partial charge in [-0.1, -0.05) is 64.1 Å². The van der Waals surface area contributed by atoms with Crippen molar-refractivity contribution in [1.82, 2.24) is 14.5 Å². The summed E-state index contributed by atoms with van der Waals surface area (Å²) in [5, 5.41) is 11.9. The van der Waals surface area contributed by atoms with Crippen molar-refractivity contribution in [3.05, 3.63) is 55.5 Å². The third-order valence-corrected chi connectivity index (χ3v) is 16.0. The Bertz CT molecular complexity index is 2090. The van der Waals surface area contributed by atoms with E-state index in [1.807, 2.05) is 111 Å². The van der Waals surface area contributed by atoms with Gasteiger partial charge in [0.05, 0.1) is 60.7 Å². The molecule has 1 aromatic carbocycles. The second kappa shape index (κ2) is 27.1. The molecule has 0 amide bonds. The Balaban J connectivity index is 1.53. The lowest BCUT2D eigenvalue weighted by atomic mass is 9.73. The van der Waals surface area contributed by atoms with Gasteiger partial charge in [-0.05, 0) is 94.2 Å². The number of aliphatic hydroxyl groups is 1.